The zero-order valence-electron chi connectivity index (χ0n) is 23.8. The first-order valence-corrected chi connectivity index (χ1v) is 14.8. The van der Waals surface area contributed by atoms with Gasteiger partial charge in [0.05, 0.1) is 36.2 Å². The molecule has 0 bridgehead atoms. The van der Waals surface area contributed by atoms with Crippen molar-refractivity contribution < 1.29 is 19.4 Å². The fourth-order valence-corrected chi connectivity index (χ4v) is 7.65. The number of benzene rings is 3. The van der Waals surface area contributed by atoms with E-state index in [1.54, 1.807) is 36.4 Å². The molecule has 2 fully saturated rings. The lowest BCUT2D eigenvalue weighted by atomic mass is 9.53. The zero-order chi connectivity index (χ0) is 30.7. The third kappa shape index (κ3) is 3.84. The van der Waals surface area contributed by atoms with Gasteiger partial charge in [-0.1, -0.05) is 72.3 Å². The molecule has 3 aromatic carbocycles. The molecule has 11 heteroatoms. The molecule has 0 unspecified atom stereocenters. The fourth-order valence-electron chi connectivity index (χ4n) is 7.47. The first-order valence-electron chi connectivity index (χ1n) is 14.4. The number of hydrogen-bond donors (Lipinski definition) is 1. The van der Waals surface area contributed by atoms with Crippen LogP contribution in [0.15, 0.2) is 100 Å². The number of aliphatic hydroxyl groups is 1. The minimum absolute atomic E-state index is 0.0210. The second kappa shape index (κ2) is 10.5. The van der Waals surface area contributed by atoms with Gasteiger partial charge in [0.25, 0.3) is 0 Å². The van der Waals surface area contributed by atoms with Crippen molar-refractivity contribution in [3.05, 3.63) is 128 Å². The molecule has 0 spiro atoms. The summed E-state index contributed by atoms with van der Waals surface area (Å²) in [5, 5.41) is 9.97. The van der Waals surface area contributed by atoms with Gasteiger partial charge in [0.15, 0.2) is 0 Å². The number of para-hydroxylation sites is 1. The molecule has 3 heterocycles. The SMILES string of the molecule is Cn1c(=O)n2n(c1=O)[C@@H]1C[C@H]3C(=O)N(c4cccc(Cl)c4)C(=O)[C@@]3(c3ccccc3)[C@@H](c3ccccc3OCCO)C1=CC2. The van der Waals surface area contributed by atoms with Crippen molar-refractivity contribution in [2.24, 2.45) is 13.0 Å². The van der Waals surface area contributed by atoms with Crippen LogP contribution in [0.3, 0.4) is 0 Å². The van der Waals surface area contributed by atoms with Crippen molar-refractivity contribution in [1.29, 1.82) is 0 Å². The Labute approximate surface area is 257 Å². The molecule has 7 rings (SSSR count). The highest BCUT2D eigenvalue weighted by Gasteiger charge is 2.69. The number of imide groups is 1. The van der Waals surface area contributed by atoms with Crippen LogP contribution < -0.4 is 21.0 Å². The smallest absolute Gasteiger partial charge is 0.347 e. The van der Waals surface area contributed by atoms with Crippen molar-refractivity contribution in [2.75, 3.05) is 18.1 Å². The van der Waals surface area contributed by atoms with E-state index in [-0.39, 0.29) is 26.2 Å². The molecule has 1 aliphatic carbocycles. The third-order valence-electron chi connectivity index (χ3n) is 9.20. The molecular weight excluding hydrogens is 584 g/mol. The summed E-state index contributed by atoms with van der Waals surface area (Å²) in [6.45, 7) is -0.0812. The molecule has 1 N–H and O–H groups in total. The number of aliphatic hydroxyl groups excluding tert-OH is 1. The second-order valence-electron chi connectivity index (χ2n) is 11.3. The van der Waals surface area contributed by atoms with Crippen molar-refractivity contribution in [3.63, 3.8) is 0 Å². The lowest BCUT2D eigenvalue weighted by Gasteiger charge is -2.49. The number of amides is 2. The topological polar surface area (TPSA) is 116 Å². The number of carbonyl (C=O) groups excluding carboxylic acids is 2. The van der Waals surface area contributed by atoms with E-state index in [1.165, 1.54) is 21.3 Å². The predicted octanol–water partition coefficient (Wildman–Crippen LogP) is 3.17. The van der Waals surface area contributed by atoms with Gasteiger partial charge >= 0.3 is 11.4 Å². The largest absolute Gasteiger partial charge is 0.491 e. The molecular formula is C33H29ClN4O6. The maximum absolute atomic E-state index is 15.2. The minimum atomic E-state index is -1.43. The Bertz CT molecular complexity index is 1960. The average molecular weight is 613 g/mol. The van der Waals surface area contributed by atoms with E-state index in [4.69, 9.17) is 16.3 Å². The van der Waals surface area contributed by atoms with E-state index in [2.05, 4.69) is 0 Å². The molecule has 0 radical (unpaired) electrons. The van der Waals surface area contributed by atoms with E-state index in [0.29, 0.717) is 27.6 Å². The average Bonchev–Trinajstić information content (AvgIpc) is 3.40. The van der Waals surface area contributed by atoms with Crippen LogP contribution in [0, 0.1) is 5.92 Å². The number of hydrogen-bond acceptors (Lipinski definition) is 6. The van der Waals surface area contributed by atoms with Gasteiger partial charge in [-0.2, -0.15) is 0 Å². The molecule has 1 saturated carbocycles. The predicted molar refractivity (Wildman–Crippen MR) is 163 cm³/mol. The number of anilines is 1. The van der Waals surface area contributed by atoms with E-state index in [1.807, 2.05) is 48.5 Å². The Morgan fingerprint density at radius 3 is 2.45 bits per heavy atom. The number of halogens is 1. The number of ether oxygens (including phenoxy) is 1. The highest BCUT2D eigenvalue weighted by atomic mass is 35.5. The summed E-state index contributed by atoms with van der Waals surface area (Å²) in [5.41, 5.74) is 0.00555. The van der Waals surface area contributed by atoms with Gasteiger partial charge in [0, 0.05) is 23.6 Å². The lowest BCUT2D eigenvalue weighted by molar-refractivity contribution is -0.124. The zero-order valence-corrected chi connectivity index (χ0v) is 24.6. The molecule has 44 heavy (non-hydrogen) atoms. The number of carbonyl (C=O) groups is 2. The molecule has 2 aliphatic heterocycles. The van der Waals surface area contributed by atoms with Crippen LogP contribution in [-0.4, -0.2) is 44.1 Å². The first-order chi connectivity index (χ1) is 21.3. The van der Waals surface area contributed by atoms with Gasteiger partial charge in [0.2, 0.25) is 11.8 Å². The molecule has 3 aliphatic rings. The van der Waals surface area contributed by atoms with Gasteiger partial charge in [-0.3, -0.25) is 9.59 Å². The summed E-state index contributed by atoms with van der Waals surface area (Å²) in [6.07, 6.45) is 2.02. The van der Waals surface area contributed by atoms with Gasteiger partial charge in [-0.25, -0.2) is 28.4 Å². The summed E-state index contributed by atoms with van der Waals surface area (Å²) in [6, 6.07) is 22.5. The van der Waals surface area contributed by atoms with Gasteiger partial charge in [0.1, 0.15) is 12.4 Å². The Balaban J connectivity index is 1.56. The maximum Gasteiger partial charge on any atom is 0.347 e. The van der Waals surface area contributed by atoms with Crippen molar-refractivity contribution >= 4 is 29.1 Å². The molecule has 2 amide bonds. The number of nitrogens with zero attached hydrogens (tertiary/aromatic N) is 4. The second-order valence-corrected chi connectivity index (χ2v) is 11.7. The summed E-state index contributed by atoms with van der Waals surface area (Å²) in [4.78, 5) is 57.5. The Morgan fingerprint density at radius 2 is 1.70 bits per heavy atom. The molecule has 1 saturated heterocycles. The van der Waals surface area contributed by atoms with Crippen LogP contribution in [0.1, 0.15) is 29.5 Å². The van der Waals surface area contributed by atoms with Crippen molar-refractivity contribution in [1.82, 2.24) is 13.9 Å². The quantitative estimate of drug-likeness (QED) is 0.264. The van der Waals surface area contributed by atoms with Crippen LogP contribution >= 0.6 is 11.6 Å². The standard InChI is InChI=1S/C33H29ClN4O6/c1-35-31(42)36-15-14-23-26(38(36)32(35)43)19-25-29(40)37(22-11-7-10-21(34)18-22)30(41)33(25,20-8-3-2-4-9-20)28(23)24-12-5-6-13-27(24)44-17-16-39/h2-14,18,25-26,28,39H,15-17,19H2,1H3/t25-,26+,28+,33+/m0/s1. The molecule has 10 nitrogen and oxygen atoms in total. The van der Waals surface area contributed by atoms with E-state index >= 15 is 4.79 Å². The number of rotatable bonds is 6. The normalized spacial score (nSPS) is 24.0. The monoisotopic (exact) mass is 612 g/mol. The Morgan fingerprint density at radius 1 is 0.955 bits per heavy atom. The number of fused-ring (bicyclic) bond motifs is 4. The molecule has 1 aromatic heterocycles. The van der Waals surface area contributed by atoms with E-state index < -0.39 is 46.5 Å². The number of allylic oxidation sites excluding steroid dienone is 2. The van der Waals surface area contributed by atoms with Crippen LogP contribution in [0.4, 0.5) is 5.69 Å². The van der Waals surface area contributed by atoms with E-state index in [9.17, 15) is 19.5 Å². The van der Waals surface area contributed by atoms with Crippen molar-refractivity contribution in [2.45, 2.75) is 30.3 Å². The lowest BCUT2D eigenvalue weighted by Crippen LogP contribution is -2.53. The van der Waals surface area contributed by atoms with Crippen LogP contribution in [0.5, 0.6) is 5.75 Å². The molecule has 4 atom stereocenters. The number of aromatic nitrogens is 3. The summed E-state index contributed by atoms with van der Waals surface area (Å²) >= 11 is 6.34. The fraction of sp³-hybridized carbons (Fsp3) is 0.273. The summed E-state index contributed by atoms with van der Waals surface area (Å²) < 4.78 is 9.89. The first kappa shape index (κ1) is 28.1. The van der Waals surface area contributed by atoms with Gasteiger partial charge in [-0.05, 0) is 41.8 Å². The Kier molecular flexibility index (Phi) is 6.71. The van der Waals surface area contributed by atoms with Crippen LogP contribution in [-0.2, 0) is 28.6 Å². The maximum atomic E-state index is 15.2. The molecule has 224 valence electrons. The van der Waals surface area contributed by atoms with Crippen LogP contribution in [0.2, 0.25) is 5.02 Å². The van der Waals surface area contributed by atoms with Crippen molar-refractivity contribution in [3.8, 4) is 5.75 Å². The third-order valence-corrected chi connectivity index (χ3v) is 9.44. The highest BCUT2D eigenvalue weighted by molar-refractivity contribution is 6.32. The summed E-state index contributed by atoms with van der Waals surface area (Å²) in [5.74, 6) is -2.05. The van der Waals surface area contributed by atoms with Gasteiger partial charge in [-0.15, -0.1) is 0 Å². The Hall–Kier alpha value is -4.67. The molecule has 4 aromatic rings. The summed E-state index contributed by atoms with van der Waals surface area (Å²) in [7, 11) is 1.43. The highest BCUT2D eigenvalue weighted by Crippen LogP contribution is 2.63. The van der Waals surface area contributed by atoms with E-state index in [0.717, 1.165) is 10.1 Å². The van der Waals surface area contributed by atoms with Crippen LogP contribution in [0.25, 0.3) is 0 Å². The van der Waals surface area contributed by atoms with Gasteiger partial charge < -0.3 is 9.84 Å². The minimum Gasteiger partial charge on any atom is -0.491 e.